The number of carboxylic acids is 1. The number of rotatable bonds is 11. The quantitative estimate of drug-likeness (QED) is 0.222. The Morgan fingerprint density at radius 1 is 1.09 bits per heavy atom. The molecule has 0 bridgehead atoms. The second-order valence-electron chi connectivity index (χ2n) is 8.97. The number of aromatic hydroxyl groups is 1. The van der Waals surface area contributed by atoms with Crippen LogP contribution in [0, 0.1) is 5.92 Å². The molecule has 1 heterocycles. The molecule has 0 saturated carbocycles. The number of nitrogens with zero attached hydrogens (tertiary/aromatic N) is 1. The molecule has 0 spiro atoms. The molecule has 1 aromatic rings. The van der Waals surface area contributed by atoms with Gasteiger partial charge in [-0.2, -0.15) is 0 Å². The molecule has 4 amide bonds. The summed E-state index contributed by atoms with van der Waals surface area (Å²) in [6.45, 7) is 3.62. The van der Waals surface area contributed by atoms with Crippen LogP contribution >= 0.6 is 0 Å². The molecule has 12 heteroatoms. The fourth-order valence-electron chi connectivity index (χ4n) is 3.90. The van der Waals surface area contributed by atoms with Crippen LogP contribution in [0.1, 0.15) is 38.7 Å². The number of primary amides is 1. The van der Waals surface area contributed by atoms with E-state index < -0.39 is 66.1 Å². The number of benzene rings is 1. The maximum atomic E-state index is 13.1. The van der Waals surface area contributed by atoms with Crippen LogP contribution in [-0.2, 0) is 30.4 Å². The summed E-state index contributed by atoms with van der Waals surface area (Å²) in [6, 6.07) is 1.60. The Morgan fingerprint density at radius 2 is 1.71 bits per heavy atom. The van der Waals surface area contributed by atoms with Crippen molar-refractivity contribution in [1.82, 2.24) is 15.5 Å². The molecule has 1 fully saturated rings. The Labute approximate surface area is 203 Å². The monoisotopic (exact) mass is 491 g/mol. The highest BCUT2D eigenvalue weighted by atomic mass is 16.4. The van der Waals surface area contributed by atoms with Crippen molar-refractivity contribution in [1.29, 1.82) is 0 Å². The Hall–Kier alpha value is -3.67. The number of carbonyl (C=O) groups excluding carboxylic acids is 4. The van der Waals surface area contributed by atoms with Crippen LogP contribution in [0.4, 0.5) is 0 Å². The highest BCUT2D eigenvalue weighted by Crippen LogP contribution is 2.20. The minimum atomic E-state index is -1.38. The molecule has 8 N–H and O–H groups in total. The zero-order valence-electron chi connectivity index (χ0n) is 19.8. The van der Waals surface area contributed by atoms with Gasteiger partial charge < -0.3 is 37.2 Å². The first-order chi connectivity index (χ1) is 16.4. The van der Waals surface area contributed by atoms with E-state index in [0.29, 0.717) is 18.4 Å². The summed E-state index contributed by atoms with van der Waals surface area (Å²) >= 11 is 0. The zero-order chi connectivity index (χ0) is 26.3. The topological polar surface area (TPSA) is 205 Å². The van der Waals surface area contributed by atoms with Gasteiger partial charge >= 0.3 is 5.97 Å². The van der Waals surface area contributed by atoms with Crippen LogP contribution < -0.4 is 22.1 Å². The minimum absolute atomic E-state index is 0.0582. The van der Waals surface area contributed by atoms with E-state index in [4.69, 9.17) is 11.5 Å². The largest absolute Gasteiger partial charge is 0.508 e. The fraction of sp³-hybridized carbons (Fsp3) is 0.522. The van der Waals surface area contributed by atoms with Gasteiger partial charge in [0.1, 0.15) is 23.9 Å². The Bertz CT molecular complexity index is 950. The molecule has 0 aromatic heterocycles. The number of likely N-dealkylation sites (tertiary alicyclic amines) is 1. The van der Waals surface area contributed by atoms with Gasteiger partial charge in [0.25, 0.3) is 0 Å². The maximum absolute atomic E-state index is 13.1. The smallest absolute Gasteiger partial charge is 0.326 e. The molecule has 0 aliphatic carbocycles. The van der Waals surface area contributed by atoms with E-state index in [9.17, 15) is 34.2 Å². The van der Waals surface area contributed by atoms with Crippen LogP contribution in [0.2, 0.25) is 0 Å². The van der Waals surface area contributed by atoms with Crippen LogP contribution in [0.5, 0.6) is 5.75 Å². The number of amides is 4. The average Bonchev–Trinajstić information content (AvgIpc) is 3.27. The number of hydrogen-bond acceptors (Lipinski definition) is 7. The van der Waals surface area contributed by atoms with Gasteiger partial charge in [0.2, 0.25) is 23.6 Å². The summed E-state index contributed by atoms with van der Waals surface area (Å²) in [6.07, 6.45) is 0.430. The third-order valence-electron chi connectivity index (χ3n) is 5.82. The normalized spacial score (nSPS) is 17.9. The van der Waals surface area contributed by atoms with Crippen molar-refractivity contribution >= 4 is 29.6 Å². The van der Waals surface area contributed by atoms with Gasteiger partial charge in [0.15, 0.2) is 0 Å². The number of nitrogens with one attached hydrogen (secondary N) is 2. The SMILES string of the molecule is CC(C)C(NC(=O)C(CC(N)=O)NC(=O)C(N)Cc1ccc(O)cc1)C(=O)N1CCCC1C(=O)O. The van der Waals surface area contributed by atoms with Crippen molar-refractivity contribution in [2.45, 2.75) is 63.7 Å². The van der Waals surface area contributed by atoms with E-state index in [1.807, 2.05) is 0 Å². The summed E-state index contributed by atoms with van der Waals surface area (Å²) in [7, 11) is 0. The third kappa shape index (κ3) is 7.67. The molecule has 2 rings (SSSR count). The van der Waals surface area contributed by atoms with Crippen molar-refractivity contribution in [3.05, 3.63) is 29.8 Å². The fourth-order valence-corrected chi connectivity index (χ4v) is 3.90. The molecular weight excluding hydrogens is 458 g/mol. The zero-order valence-corrected chi connectivity index (χ0v) is 19.8. The van der Waals surface area contributed by atoms with Crippen molar-refractivity contribution in [3.8, 4) is 5.75 Å². The minimum Gasteiger partial charge on any atom is -0.508 e. The van der Waals surface area contributed by atoms with Crippen molar-refractivity contribution < 1.29 is 34.2 Å². The molecule has 35 heavy (non-hydrogen) atoms. The van der Waals surface area contributed by atoms with Crippen molar-refractivity contribution in [2.24, 2.45) is 17.4 Å². The number of hydrogen-bond donors (Lipinski definition) is 6. The number of aliphatic carboxylic acids is 1. The number of phenols is 1. The van der Waals surface area contributed by atoms with Crippen LogP contribution in [0.15, 0.2) is 24.3 Å². The van der Waals surface area contributed by atoms with E-state index >= 15 is 0 Å². The maximum Gasteiger partial charge on any atom is 0.326 e. The second-order valence-corrected chi connectivity index (χ2v) is 8.97. The standard InChI is InChI=1S/C23H33N5O7/c1-12(2)19(22(33)28-9-3-4-17(28)23(34)35)27-21(32)16(11-18(25)30)26-20(31)15(24)10-13-5-7-14(29)8-6-13/h5-8,12,15-17,19,29H,3-4,9-11,24H2,1-2H3,(H2,25,30)(H,26,31)(H,27,32)(H,34,35). The highest BCUT2D eigenvalue weighted by Gasteiger charge is 2.39. The van der Waals surface area contributed by atoms with Gasteiger partial charge in [0, 0.05) is 6.54 Å². The van der Waals surface area contributed by atoms with Gasteiger partial charge in [-0.3, -0.25) is 19.2 Å². The van der Waals surface area contributed by atoms with Crippen molar-refractivity contribution in [3.63, 3.8) is 0 Å². The lowest BCUT2D eigenvalue weighted by atomic mass is 10.0. The average molecular weight is 492 g/mol. The third-order valence-corrected chi connectivity index (χ3v) is 5.82. The molecule has 0 radical (unpaired) electrons. The first kappa shape index (κ1) is 27.6. The molecule has 4 atom stereocenters. The number of phenolic OH excluding ortho intramolecular Hbond substituents is 1. The molecule has 4 unspecified atom stereocenters. The predicted octanol–water partition coefficient (Wildman–Crippen LogP) is -1.16. The predicted molar refractivity (Wildman–Crippen MR) is 125 cm³/mol. The van der Waals surface area contributed by atoms with Gasteiger partial charge in [-0.25, -0.2) is 4.79 Å². The second kappa shape index (κ2) is 12.2. The summed E-state index contributed by atoms with van der Waals surface area (Å²) in [5.41, 5.74) is 11.9. The molecule has 192 valence electrons. The molecule has 12 nitrogen and oxygen atoms in total. The lowest BCUT2D eigenvalue weighted by Crippen LogP contribution is -2.59. The van der Waals surface area contributed by atoms with Gasteiger partial charge in [-0.1, -0.05) is 26.0 Å². The van der Waals surface area contributed by atoms with Crippen LogP contribution in [-0.4, -0.2) is 75.4 Å². The lowest BCUT2D eigenvalue weighted by molar-refractivity contribution is -0.150. The molecule has 1 saturated heterocycles. The Morgan fingerprint density at radius 3 is 2.26 bits per heavy atom. The molecule has 1 aliphatic rings. The van der Waals surface area contributed by atoms with E-state index in [2.05, 4.69) is 10.6 Å². The molecule has 1 aromatic carbocycles. The van der Waals surface area contributed by atoms with Gasteiger partial charge in [0.05, 0.1) is 12.5 Å². The van der Waals surface area contributed by atoms with Gasteiger partial charge in [-0.15, -0.1) is 0 Å². The summed E-state index contributed by atoms with van der Waals surface area (Å²) in [5.74, 6) is -4.39. The number of nitrogens with two attached hydrogens (primary N) is 2. The van der Waals surface area contributed by atoms with Crippen LogP contribution in [0.3, 0.4) is 0 Å². The number of carbonyl (C=O) groups is 5. The molecule has 1 aliphatic heterocycles. The summed E-state index contributed by atoms with van der Waals surface area (Å²) in [4.78, 5) is 63.0. The first-order valence-electron chi connectivity index (χ1n) is 11.4. The van der Waals surface area contributed by atoms with Crippen LogP contribution in [0.25, 0.3) is 0 Å². The summed E-state index contributed by atoms with van der Waals surface area (Å²) < 4.78 is 0. The van der Waals surface area contributed by atoms with Crippen molar-refractivity contribution in [2.75, 3.05) is 6.54 Å². The lowest BCUT2D eigenvalue weighted by Gasteiger charge is -2.30. The summed E-state index contributed by atoms with van der Waals surface area (Å²) in [5, 5.41) is 23.7. The molecular formula is C23H33N5O7. The first-order valence-corrected chi connectivity index (χ1v) is 11.4. The highest BCUT2D eigenvalue weighted by molar-refractivity contribution is 5.96. The van der Waals surface area contributed by atoms with E-state index in [-0.39, 0.29) is 18.7 Å². The number of carboxylic acid groups (broad SMARTS) is 1. The van der Waals surface area contributed by atoms with E-state index in [1.54, 1.807) is 26.0 Å². The van der Waals surface area contributed by atoms with E-state index in [1.165, 1.54) is 17.0 Å². The Kier molecular flexibility index (Phi) is 9.58. The Balaban J connectivity index is 2.11. The van der Waals surface area contributed by atoms with Gasteiger partial charge in [-0.05, 0) is 42.9 Å². The van der Waals surface area contributed by atoms with E-state index in [0.717, 1.165) is 0 Å².